The molecule has 2 heterocycles. The zero-order valence-corrected chi connectivity index (χ0v) is 16.5. The van der Waals surface area contributed by atoms with E-state index in [0.717, 1.165) is 45.1 Å². The van der Waals surface area contributed by atoms with Crippen LogP contribution in [0.15, 0.2) is 30.5 Å². The summed E-state index contributed by atoms with van der Waals surface area (Å²) in [5, 5.41) is 2.73. The largest absolute Gasteiger partial charge is 0.332 e. The highest BCUT2D eigenvalue weighted by Crippen LogP contribution is 2.35. The molecule has 1 N–H and O–H groups in total. The van der Waals surface area contributed by atoms with Gasteiger partial charge in [0.25, 0.3) is 5.91 Å². The molecule has 0 bridgehead atoms. The summed E-state index contributed by atoms with van der Waals surface area (Å²) in [5.74, 6) is 0.262. The number of amides is 2. The molecule has 2 aromatic rings. The third-order valence-electron chi connectivity index (χ3n) is 5.88. The van der Waals surface area contributed by atoms with Crippen molar-refractivity contribution in [1.29, 1.82) is 0 Å². The molecule has 1 aromatic heterocycles. The molecule has 1 unspecified atom stereocenters. The summed E-state index contributed by atoms with van der Waals surface area (Å²) in [6.07, 6.45) is 7.52. The quantitative estimate of drug-likeness (QED) is 0.847. The van der Waals surface area contributed by atoms with Crippen LogP contribution in [-0.2, 0) is 4.79 Å². The van der Waals surface area contributed by atoms with Crippen molar-refractivity contribution in [3.8, 4) is 0 Å². The first-order valence-corrected chi connectivity index (χ1v) is 10.2. The fourth-order valence-electron chi connectivity index (χ4n) is 4.31. The van der Waals surface area contributed by atoms with Gasteiger partial charge in [-0.1, -0.05) is 12.8 Å². The average molecular weight is 396 g/mol. The van der Waals surface area contributed by atoms with Crippen molar-refractivity contribution in [2.45, 2.75) is 51.5 Å². The zero-order chi connectivity index (χ0) is 20.4. The maximum Gasteiger partial charge on any atom is 0.259 e. The molecule has 2 amide bonds. The van der Waals surface area contributed by atoms with Crippen LogP contribution in [0.1, 0.15) is 66.4 Å². The highest BCUT2D eigenvalue weighted by atomic mass is 19.1. The van der Waals surface area contributed by atoms with E-state index in [1.165, 1.54) is 30.5 Å². The number of rotatable bonds is 4. The number of carbonyl (C=O) groups is 2. The Labute approximate surface area is 169 Å². The summed E-state index contributed by atoms with van der Waals surface area (Å²) in [4.78, 5) is 36.4. The number of hydrogen-bond acceptors (Lipinski definition) is 4. The summed E-state index contributed by atoms with van der Waals surface area (Å²) >= 11 is 0. The van der Waals surface area contributed by atoms with Gasteiger partial charge in [0.1, 0.15) is 5.82 Å². The number of halogens is 1. The Bertz CT molecular complexity index is 910. The minimum atomic E-state index is -0.361. The first-order chi connectivity index (χ1) is 14.0. The first-order valence-electron chi connectivity index (χ1n) is 10.2. The summed E-state index contributed by atoms with van der Waals surface area (Å²) in [6.45, 7) is 2.51. The van der Waals surface area contributed by atoms with Crippen LogP contribution in [0, 0.1) is 18.7 Å². The van der Waals surface area contributed by atoms with Gasteiger partial charge in [0.05, 0.1) is 17.3 Å². The van der Waals surface area contributed by atoms with Crippen molar-refractivity contribution in [2.75, 3.05) is 11.9 Å². The van der Waals surface area contributed by atoms with E-state index in [-0.39, 0.29) is 29.6 Å². The number of hydrogen-bond donors (Lipinski definition) is 1. The molecule has 2 fully saturated rings. The van der Waals surface area contributed by atoms with Gasteiger partial charge in [-0.15, -0.1) is 0 Å². The Morgan fingerprint density at radius 3 is 2.52 bits per heavy atom. The lowest BCUT2D eigenvalue weighted by molar-refractivity contribution is -0.136. The Morgan fingerprint density at radius 1 is 1.10 bits per heavy atom. The molecule has 6 nitrogen and oxygen atoms in total. The zero-order valence-electron chi connectivity index (χ0n) is 16.5. The van der Waals surface area contributed by atoms with Crippen LogP contribution in [0.4, 0.5) is 10.1 Å². The van der Waals surface area contributed by atoms with Crippen molar-refractivity contribution >= 4 is 17.5 Å². The molecule has 29 heavy (non-hydrogen) atoms. The van der Waals surface area contributed by atoms with Gasteiger partial charge in [-0.2, -0.15) is 0 Å². The minimum absolute atomic E-state index is 0.115. The van der Waals surface area contributed by atoms with Gasteiger partial charge in [0.2, 0.25) is 5.91 Å². The molecule has 1 saturated carbocycles. The number of aromatic nitrogens is 2. The molecule has 2 aliphatic rings. The highest BCUT2D eigenvalue weighted by Gasteiger charge is 2.36. The molecule has 7 heteroatoms. The number of benzene rings is 1. The number of nitrogens with one attached hydrogen (secondary N) is 1. The predicted molar refractivity (Wildman–Crippen MR) is 107 cm³/mol. The maximum absolute atomic E-state index is 13.0. The fraction of sp³-hybridized carbons (Fsp3) is 0.455. The molecule has 1 saturated heterocycles. The first kappa shape index (κ1) is 19.5. The van der Waals surface area contributed by atoms with Crippen molar-refractivity contribution in [3.63, 3.8) is 0 Å². The topological polar surface area (TPSA) is 75.2 Å². The minimum Gasteiger partial charge on any atom is -0.332 e. The van der Waals surface area contributed by atoms with E-state index < -0.39 is 0 Å². The molecule has 0 spiro atoms. The van der Waals surface area contributed by atoms with Gasteiger partial charge in [-0.25, -0.2) is 14.4 Å². The highest BCUT2D eigenvalue weighted by molar-refractivity contribution is 6.04. The van der Waals surface area contributed by atoms with Crippen molar-refractivity contribution in [2.24, 2.45) is 5.92 Å². The average Bonchev–Trinajstić information content (AvgIpc) is 3.41. The van der Waals surface area contributed by atoms with E-state index in [9.17, 15) is 14.0 Å². The number of nitrogens with zero attached hydrogens (tertiary/aromatic N) is 3. The van der Waals surface area contributed by atoms with Gasteiger partial charge in [-0.3, -0.25) is 9.59 Å². The fourth-order valence-corrected chi connectivity index (χ4v) is 4.31. The molecule has 152 valence electrons. The van der Waals surface area contributed by atoms with Gasteiger partial charge in [0, 0.05) is 24.3 Å². The van der Waals surface area contributed by atoms with Crippen molar-refractivity contribution in [1.82, 2.24) is 14.9 Å². The second-order valence-electron chi connectivity index (χ2n) is 7.86. The van der Waals surface area contributed by atoms with E-state index in [1.54, 1.807) is 6.92 Å². The van der Waals surface area contributed by atoms with E-state index in [2.05, 4.69) is 15.3 Å². The van der Waals surface area contributed by atoms with Crippen LogP contribution >= 0.6 is 0 Å². The van der Waals surface area contributed by atoms with Crippen LogP contribution in [0.25, 0.3) is 0 Å². The maximum atomic E-state index is 13.0. The van der Waals surface area contributed by atoms with Crippen molar-refractivity contribution < 1.29 is 14.0 Å². The van der Waals surface area contributed by atoms with Crippen LogP contribution < -0.4 is 5.32 Å². The Balaban J connectivity index is 1.49. The number of carbonyl (C=O) groups excluding carboxylic acids is 2. The van der Waals surface area contributed by atoms with E-state index >= 15 is 0 Å². The Kier molecular flexibility index (Phi) is 5.56. The smallest absolute Gasteiger partial charge is 0.259 e. The van der Waals surface area contributed by atoms with Crippen LogP contribution in [0.5, 0.6) is 0 Å². The van der Waals surface area contributed by atoms with Crippen LogP contribution in [0.2, 0.25) is 0 Å². The van der Waals surface area contributed by atoms with Gasteiger partial charge < -0.3 is 10.2 Å². The monoisotopic (exact) mass is 396 g/mol. The molecule has 4 rings (SSSR count). The summed E-state index contributed by atoms with van der Waals surface area (Å²) in [6, 6.07) is 5.47. The molecule has 1 aromatic carbocycles. The van der Waals surface area contributed by atoms with Crippen LogP contribution in [-0.4, -0.2) is 33.2 Å². The molecule has 0 radical (unpaired) electrons. The van der Waals surface area contributed by atoms with Crippen LogP contribution in [0.3, 0.4) is 0 Å². The third kappa shape index (κ3) is 4.13. The van der Waals surface area contributed by atoms with Gasteiger partial charge in [-0.05, 0) is 56.9 Å². The normalized spacial score (nSPS) is 19.5. The Hall–Kier alpha value is -2.83. The van der Waals surface area contributed by atoms with E-state index in [0.29, 0.717) is 22.8 Å². The second-order valence-corrected chi connectivity index (χ2v) is 7.86. The molecule has 1 atom stereocenters. The summed E-state index contributed by atoms with van der Waals surface area (Å²) in [5.41, 5.74) is 1.43. The van der Waals surface area contributed by atoms with E-state index in [4.69, 9.17) is 0 Å². The molecular formula is C22H25FN4O2. The lowest BCUT2D eigenvalue weighted by atomic mass is 10.1. The van der Waals surface area contributed by atoms with E-state index in [1.807, 2.05) is 4.90 Å². The number of likely N-dealkylation sites (tertiary alicyclic amines) is 1. The number of aryl methyl sites for hydroxylation is 1. The lowest BCUT2D eigenvalue weighted by Crippen LogP contribution is -2.35. The second kappa shape index (κ2) is 8.27. The standard InChI is InChI=1S/C22H25FN4O2/c1-14-18(21(28)26-17-10-8-16(23)9-11-17)13-24-20(25-14)19-7-4-12-27(19)22(29)15-5-2-3-6-15/h8-11,13,15,19H,2-7,12H2,1H3,(H,26,28). The predicted octanol–water partition coefficient (Wildman–Crippen LogP) is 4.03. The summed E-state index contributed by atoms with van der Waals surface area (Å²) < 4.78 is 13.0. The summed E-state index contributed by atoms with van der Waals surface area (Å²) in [7, 11) is 0. The molecule has 1 aliphatic heterocycles. The number of anilines is 1. The Morgan fingerprint density at radius 2 is 1.83 bits per heavy atom. The van der Waals surface area contributed by atoms with Gasteiger partial charge >= 0.3 is 0 Å². The molecular weight excluding hydrogens is 371 g/mol. The SMILES string of the molecule is Cc1nc(C2CCCN2C(=O)C2CCCC2)ncc1C(=O)Nc1ccc(F)cc1. The van der Waals surface area contributed by atoms with Gasteiger partial charge in [0.15, 0.2) is 5.82 Å². The third-order valence-corrected chi connectivity index (χ3v) is 5.88. The molecule has 1 aliphatic carbocycles. The lowest BCUT2D eigenvalue weighted by Gasteiger charge is -2.26. The van der Waals surface area contributed by atoms with Crippen molar-refractivity contribution in [3.05, 3.63) is 53.4 Å².